The Morgan fingerprint density at radius 2 is 2.11 bits per heavy atom. The van der Waals surface area contributed by atoms with E-state index in [1.165, 1.54) is 17.7 Å². The second kappa shape index (κ2) is 5.12. The molecule has 3 rings (SSSR count). The molecule has 1 aliphatic heterocycles. The van der Waals surface area contributed by atoms with E-state index in [2.05, 4.69) is 33.3 Å². The molecule has 18 heavy (non-hydrogen) atoms. The summed E-state index contributed by atoms with van der Waals surface area (Å²) in [5.74, 6) is 0.597. The van der Waals surface area contributed by atoms with Gasteiger partial charge in [0.05, 0.1) is 0 Å². The predicted molar refractivity (Wildman–Crippen MR) is 72.7 cm³/mol. The van der Waals surface area contributed by atoms with Crippen LogP contribution in [0.3, 0.4) is 0 Å². The van der Waals surface area contributed by atoms with Crippen molar-refractivity contribution in [2.24, 2.45) is 0 Å². The molecule has 2 heterocycles. The van der Waals surface area contributed by atoms with E-state index in [4.69, 9.17) is 11.6 Å². The fourth-order valence-corrected chi connectivity index (χ4v) is 2.70. The standard InChI is InChI=1S/C14H16ClN3/c15-13-3-1-11(2-4-13)9-18-8-6-12(10-18)14-5-7-16-17-14/h1-5,7,12H,6,8-10H2,(H,16,17). The molecule has 1 atom stereocenters. The Balaban J connectivity index is 1.61. The van der Waals surface area contributed by atoms with Crippen molar-refractivity contribution in [2.75, 3.05) is 13.1 Å². The van der Waals surface area contributed by atoms with Crippen molar-refractivity contribution in [1.29, 1.82) is 0 Å². The van der Waals surface area contributed by atoms with E-state index >= 15 is 0 Å². The van der Waals surface area contributed by atoms with Gasteiger partial charge in [0.2, 0.25) is 0 Å². The molecule has 94 valence electrons. The lowest BCUT2D eigenvalue weighted by atomic mass is 10.1. The normalized spacial score (nSPS) is 20.4. The maximum atomic E-state index is 5.89. The zero-order chi connectivity index (χ0) is 12.4. The van der Waals surface area contributed by atoms with Crippen LogP contribution in [0.2, 0.25) is 5.02 Å². The van der Waals surface area contributed by atoms with Crippen molar-refractivity contribution < 1.29 is 0 Å². The lowest BCUT2D eigenvalue weighted by Gasteiger charge is -2.15. The summed E-state index contributed by atoms with van der Waals surface area (Å²) in [5.41, 5.74) is 2.58. The zero-order valence-corrected chi connectivity index (χ0v) is 10.9. The van der Waals surface area contributed by atoms with Crippen molar-refractivity contribution in [3.63, 3.8) is 0 Å². The summed E-state index contributed by atoms with van der Waals surface area (Å²) in [4.78, 5) is 2.48. The first-order valence-corrected chi connectivity index (χ1v) is 6.65. The van der Waals surface area contributed by atoms with Crippen molar-refractivity contribution in [3.8, 4) is 0 Å². The van der Waals surface area contributed by atoms with Crippen LogP contribution in [0.1, 0.15) is 23.6 Å². The van der Waals surface area contributed by atoms with Crippen LogP contribution in [0.4, 0.5) is 0 Å². The highest BCUT2D eigenvalue weighted by molar-refractivity contribution is 6.30. The molecule has 1 N–H and O–H groups in total. The van der Waals surface area contributed by atoms with E-state index in [0.717, 1.165) is 24.7 Å². The molecule has 0 aliphatic carbocycles. The van der Waals surface area contributed by atoms with Gasteiger partial charge >= 0.3 is 0 Å². The topological polar surface area (TPSA) is 31.9 Å². The Bertz CT molecular complexity index is 492. The summed E-state index contributed by atoms with van der Waals surface area (Å²) in [6.07, 6.45) is 3.03. The number of nitrogens with zero attached hydrogens (tertiary/aromatic N) is 2. The van der Waals surface area contributed by atoms with Crippen LogP contribution in [0, 0.1) is 0 Å². The molecule has 0 spiro atoms. The molecule has 1 fully saturated rings. The first kappa shape index (κ1) is 11.8. The van der Waals surface area contributed by atoms with Gasteiger partial charge in [-0.1, -0.05) is 23.7 Å². The first-order valence-electron chi connectivity index (χ1n) is 6.27. The fourth-order valence-electron chi connectivity index (χ4n) is 2.57. The van der Waals surface area contributed by atoms with Crippen molar-refractivity contribution >= 4 is 11.6 Å². The molecule has 2 aromatic rings. The lowest BCUT2D eigenvalue weighted by molar-refractivity contribution is 0.326. The minimum Gasteiger partial charge on any atom is -0.298 e. The number of nitrogens with one attached hydrogen (secondary N) is 1. The largest absolute Gasteiger partial charge is 0.298 e. The van der Waals surface area contributed by atoms with Crippen LogP contribution in [-0.4, -0.2) is 28.2 Å². The van der Waals surface area contributed by atoms with E-state index < -0.39 is 0 Å². The van der Waals surface area contributed by atoms with E-state index in [9.17, 15) is 0 Å². The van der Waals surface area contributed by atoms with Gasteiger partial charge in [-0.15, -0.1) is 0 Å². The molecular formula is C14H16ClN3. The number of H-pyrrole nitrogens is 1. The second-order valence-corrected chi connectivity index (χ2v) is 5.30. The number of rotatable bonds is 3. The number of aromatic nitrogens is 2. The molecule has 0 amide bonds. The number of hydrogen-bond donors (Lipinski definition) is 1. The van der Waals surface area contributed by atoms with Gasteiger partial charge in [0.25, 0.3) is 0 Å². The van der Waals surface area contributed by atoms with Gasteiger partial charge in [0.1, 0.15) is 0 Å². The highest BCUT2D eigenvalue weighted by Gasteiger charge is 2.24. The smallest absolute Gasteiger partial charge is 0.0490 e. The second-order valence-electron chi connectivity index (χ2n) is 4.86. The number of aromatic amines is 1. The third kappa shape index (κ3) is 2.57. The van der Waals surface area contributed by atoms with Crippen molar-refractivity contribution in [1.82, 2.24) is 15.1 Å². The quantitative estimate of drug-likeness (QED) is 0.921. The van der Waals surface area contributed by atoms with Gasteiger partial charge in [-0.05, 0) is 36.7 Å². The Labute approximate surface area is 112 Å². The van der Waals surface area contributed by atoms with Crippen LogP contribution < -0.4 is 0 Å². The lowest BCUT2D eigenvalue weighted by Crippen LogP contribution is -2.19. The average molecular weight is 262 g/mol. The summed E-state index contributed by atoms with van der Waals surface area (Å²) >= 11 is 5.89. The van der Waals surface area contributed by atoms with Crippen molar-refractivity contribution in [3.05, 3.63) is 52.8 Å². The summed E-state index contributed by atoms with van der Waals surface area (Å²) < 4.78 is 0. The molecule has 1 aromatic heterocycles. The van der Waals surface area contributed by atoms with Gasteiger partial charge in [-0.25, -0.2) is 0 Å². The Kier molecular flexibility index (Phi) is 3.35. The predicted octanol–water partition coefficient (Wildman–Crippen LogP) is 3.05. The van der Waals surface area contributed by atoms with Crippen LogP contribution in [-0.2, 0) is 6.54 Å². The van der Waals surface area contributed by atoms with E-state index in [1.54, 1.807) is 0 Å². The van der Waals surface area contributed by atoms with Crippen LogP contribution in [0.25, 0.3) is 0 Å². The average Bonchev–Trinajstić information content (AvgIpc) is 3.02. The molecule has 0 radical (unpaired) electrons. The third-order valence-electron chi connectivity index (χ3n) is 3.55. The van der Waals surface area contributed by atoms with Crippen LogP contribution in [0.5, 0.6) is 0 Å². The molecule has 4 heteroatoms. The Hall–Kier alpha value is -1.32. The number of halogens is 1. The number of likely N-dealkylation sites (tertiary alicyclic amines) is 1. The Morgan fingerprint density at radius 3 is 2.83 bits per heavy atom. The van der Waals surface area contributed by atoms with Crippen LogP contribution in [0.15, 0.2) is 36.5 Å². The molecule has 1 aliphatic rings. The minimum atomic E-state index is 0.597. The first-order chi connectivity index (χ1) is 8.81. The summed E-state index contributed by atoms with van der Waals surface area (Å²) in [5, 5.41) is 7.91. The molecule has 1 saturated heterocycles. The monoisotopic (exact) mass is 261 g/mol. The van der Waals surface area contributed by atoms with Gasteiger partial charge in [-0.2, -0.15) is 5.10 Å². The maximum Gasteiger partial charge on any atom is 0.0490 e. The third-order valence-corrected chi connectivity index (χ3v) is 3.81. The number of benzene rings is 1. The number of hydrogen-bond acceptors (Lipinski definition) is 2. The summed E-state index contributed by atoms with van der Waals surface area (Å²) in [6, 6.07) is 10.2. The highest BCUT2D eigenvalue weighted by atomic mass is 35.5. The molecular weight excluding hydrogens is 246 g/mol. The maximum absolute atomic E-state index is 5.89. The van der Waals surface area contributed by atoms with Crippen LogP contribution >= 0.6 is 11.6 Å². The van der Waals surface area contributed by atoms with E-state index in [-0.39, 0.29) is 0 Å². The zero-order valence-electron chi connectivity index (χ0n) is 10.1. The van der Waals surface area contributed by atoms with E-state index in [0.29, 0.717) is 5.92 Å². The highest BCUT2D eigenvalue weighted by Crippen LogP contribution is 2.26. The molecule has 1 aromatic carbocycles. The summed E-state index contributed by atoms with van der Waals surface area (Å²) in [7, 11) is 0. The molecule has 0 bridgehead atoms. The fraction of sp³-hybridized carbons (Fsp3) is 0.357. The van der Waals surface area contributed by atoms with Crippen molar-refractivity contribution in [2.45, 2.75) is 18.9 Å². The van der Waals surface area contributed by atoms with Gasteiger partial charge in [0, 0.05) is 35.9 Å². The molecule has 3 nitrogen and oxygen atoms in total. The summed E-state index contributed by atoms with van der Waals surface area (Å²) in [6.45, 7) is 3.25. The van der Waals surface area contributed by atoms with E-state index in [1.807, 2.05) is 18.3 Å². The van der Waals surface area contributed by atoms with Gasteiger partial charge < -0.3 is 0 Å². The van der Waals surface area contributed by atoms with Gasteiger partial charge in [-0.3, -0.25) is 10.00 Å². The molecule has 1 unspecified atom stereocenters. The SMILES string of the molecule is Clc1ccc(CN2CCC(c3ccn[nH]3)C2)cc1. The Morgan fingerprint density at radius 1 is 1.28 bits per heavy atom. The van der Waals surface area contributed by atoms with Gasteiger partial charge in [0.15, 0.2) is 0 Å². The minimum absolute atomic E-state index is 0.597. The molecule has 0 saturated carbocycles.